The van der Waals surface area contributed by atoms with Gasteiger partial charge in [0.1, 0.15) is 0 Å². The first-order chi connectivity index (χ1) is 10.6. The van der Waals surface area contributed by atoms with Crippen molar-refractivity contribution < 1.29 is 14.3 Å². The third kappa shape index (κ3) is 5.01. The van der Waals surface area contributed by atoms with E-state index in [9.17, 15) is 9.59 Å². The first-order valence-corrected chi connectivity index (χ1v) is 7.63. The number of aromatic nitrogens is 1. The standard InChI is InChI=1S/C14H14ClN3O3S/c1-21-14(20)18-13-17-11(8-22-13)6-12(19)16-7-9-2-4-10(15)5-3-9/h2-5,8H,6-7H2,1H3,(H,16,19)(H,17,18,20). The lowest BCUT2D eigenvalue weighted by Gasteiger charge is -2.04. The zero-order valence-electron chi connectivity index (χ0n) is 11.8. The van der Waals surface area contributed by atoms with Crippen LogP contribution in [0.5, 0.6) is 0 Å². The van der Waals surface area contributed by atoms with Crippen molar-refractivity contribution in [3.8, 4) is 0 Å². The number of nitrogens with zero attached hydrogens (tertiary/aromatic N) is 1. The maximum absolute atomic E-state index is 11.9. The summed E-state index contributed by atoms with van der Waals surface area (Å²) in [5.74, 6) is -0.148. The number of amides is 2. The van der Waals surface area contributed by atoms with E-state index >= 15 is 0 Å². The van der Waals surface area contributed by atoms with Gasteiger partial charge in [0.2, 0.25) is 5.91 Å². The van der Waals surface area contributed by atoms with Crippen molar-refractivity contribution in [1.29, 1.82) is 0 Å². The van der Waals surface area contributed by atoms with Gasteiger partial charge in [-0.25, -0.2) is 9.78 Å². The fourth-order valence-corrected chi connectivity index (χ4v) is 2.44. The van der Waals surface area contributed by atoms with Crippen LogP contribution in [-0.4, -0.2) is 24.1 Å². The molecular weight excluding hydrogens is 326 g/mol. The molecule has 0 spiro atoms. The van der Waals surface area contributed by atoms with E-state index in [0.29, 0.717) is 22.4 Å². The Morgan fingerprint density at radius 2 is 2.05 bits per heavy atom. The van der Waals surface area contributed by atoms with Crippen molar-refractivity contribution >= 4 is 40.1 Å². The van der Waals surface area contributed by atoms with Crippen molar-refractivity contribution in [3.05, 3.63) is 45.9 Å². The fourth-order valence-electron chi connectivity index (χ4n) is 1.61. The zero-order valence-corrected chi connectivity index (χ0v) is 13.3. The summed E-state index contributed by atoms with van der Waals surface area (Å²) in [6.07, 6.45) is -0.444. The second-order valence-corrected chi connectivity index (χ2v) is 5.64. The minimum absolute atomic E-state index is 0.146. The van der Waals surface area contributed by atoms with Crippen LogP contribution < -0.4 is 10.6 Å². The Morgan fingerprint density at radius 3 is 2.73 bits per heavy atom. The molecule has 0 aliphatic heterocycles. The maximum Gasteiger partial charge on any atom is 0.413 e. The Morgan fingerprint density at radius 1 is 1.32 bits per heavy atom. The summed E-state index contributed by atoms with van der Waals surface area (Å²) >= 11 is 7.03. The number of nitrogens with one attached hydrogen (secondary N) is 2. The minimum atomic E-state index is -0.590. The molecule has 0 radical (unpaired) electrons. The Balaban J connectivity index is 1.81. The number of thiazole rings is 1. The van der Waals surface area contributed by atoms with Crippen molar-refractivity contribution in [2.75, 3.05) is 12.4 Å². The number of anilines is 1. The molecule has 1 aromatic carbocycles. The van der Waals surface area contributed by atoms with E-state index in [4.69, 9.17) is 11.6 Å². The fraction of sp³-hybridized carbons (Fsp3) is 0.214. The Hall–Kier alpha value is -2.12. The van der Waals surface area contributed by atoms with Crippen LogP contribution in [0.2, 0.25) is 5.02 Å². The van der Waals surface area contributed by atoms with Gasteiger partial charge < -0.3 is 10.1 Å². The quantitative estimate of drug-likeness (QED) is 0.877. The summed E-state index contributed by atoms with van der Waals surface area (Å²) in [6.45, 7) is 0.424. The van der Waals surface area contributed by atoms with Gasteiger partial charge in [-0.2, -0.15) is 0 Å². The minimum Gasteiger partial charge on any atom is -0.453 e. The van der Waals surface area contributed by atoms with Crippen LogP contribution in [0, 0.1) is 0 Å². The molecule has 0 fully saturated rings. The van der Waals surface area contributed by atoms with E-state index in [2.05, 4.69) is 20.4 Å². The average Bonchev–Trinajstić information content (AvgIpc) is 2.93. The Bertz CT molecular complexity index is 658. The number of ether oxygens (including phenoxy) is 1. The molecule has 2 rings (SSSR count). The third-order valence-corrected chi connectivity index (χ3v) is 3.75. The van der Waals surface area contributed by atoms with Crippen molar-refractivity contribution in [2.45, 2.75) is 13.0 Å². The summed E-state index contributed by atoms with van der Waals surface area (Å²) in [5.41, 5.74) is 1.55. The number of methoxy groups -OCH3 is 1. The van der Waals surface area contributed by atoms with Gasteiger partial charge in [0, 0.05) is 16.9 Å². The highest BCUT2D eigenvalue weighted by molar-refractivity contribution is 7.13. The smallest absolute Gasteiger partial charge is 0.413 e. The number of benzene rings is 1. The molecule has 1 heterocycles. The number of carbonyl (C=O) groups is 2. The van der Waals surface area contributed by atoms with Crippen LogP contribution in [0.15, 0.2) is 29.6 Å². The molecule has 0 saturated heterocycles. The summed E-state index contributed by atoms with van der Waals surface area (Å²) < 4.78 is 4.47. The predicted molar refractivity (Wildman–Crippen MR) is 85.1 cm³/mol. The van der Waals surface area contributed by atoms with Gasteiger partial charge in [0.05, 0.1) is 19.2 Å². The Kier molecular flexibility index (Phi) is 5.74. The van der Waals surface area contributed by atoms with Gasteiger partial charge in [0.25, 0.3) is 0 Å². The lowest BCUT2D eigenvalue weighted by atomic mass is 10.2. The molecule has 0 aliphatic rings. The van der Waals surface area contributed by atoms with E-state index in [1.165, 1.54) is 18.4 Å². The van der Waals surface area contributed by atoms with Crippen molar-refractivity contribution in [2.24, 2.45) is 0 Å². The predicted octanol–water partition coefficient (Wildman–Crippen LogP) is 2.83. The van der Waals surface area contributed by atoms with Gasteiger partial charge in [-0.15, -0.1) is 11.3 Å². The number of halogens is 1. The third-order valence-electron chi connectivity index (χ3n) is 2.69. The molecule has 22 heavy (non-hydrogen) atoms. The van der Waals surface area contributed by atoms with Crippen LogP contribution in [0.3, 0.4) is 0 Å². The first-order valence-electron chi connectivity index (χ1n) is 6.37. The van der Waals surface area contributed by atoms with Crippen LogP contribution >= 0.6 is 22.9 Å². The average molecular weight is 340 g/mol. The molecule has 6 nitrogen and oxygen atoms in total. The van der Waals surface area contributed by atoms with Gasteiger partial charge in [0.15, 0.2) is 5.13 Å². The second-order valence-electron chi connectivity index (χ2n) is 4.34. The highest BCUT2D eigenvalue weighted by Gasteiger charge is 2.09. The molecular formula is C14H14ClN3O3S. The summed E-state index contributed by atoms with van der Waals surface area (Å²) in [7, 11) is 1.27. The second kappa shape index (κ2) is 7.77. The molecule has 0 aliphatic carbocycles. The molecule has 2 aromatic rings. The molecule has 8 heteroatoms. The lowest BCUT2D eigenvalue weighted by molar-refractivity contribution is -0.120. The molecule has 2 amide bonds. The van der Waals surface area contributed by atoms with Crippen LogP contribution in [0.25, 0.3) is 0 Å². The van der Waals surface area contributed by atoms with Gasteiger partial charge in [-0.05, 0) is 17.7 Å². The largest absolute Gasteiger partial charge is 0.453 e. The molecule has 0 saturated carbocycles. The van der Waals surface area contributed by atoms with E-state index < -0.39 is 6.09 Å². The molecule has 0 bridgehead atoms. The van der Waals surface area contributed by atoms with E-state index in [1.54, 1.807) is 17.5 Å². The molecule has 0 atom stereocenters. The van der Waals surface area contributed by atoms with Crippen molar-refractivity contribution in [3.63, 3.8) is 0 Å². The highest BCUT2D eigenvalue weighted by Crippen LogP contribution is 2.16. The van der Waals surface area contributed by atoms with Crippen molar-refractivity contribution in [1.82, 2.24) is 10.3 Å². The van der Waals surface area contributed by atoms with E-state index in [-0.39, 0.29) is 12.3 Å². The molecule has 1 aromatic heterocycles. The summed E-state index contributed by atoms with van der Waals surface area (Å²) in [5, 5.41) is 8.02. The van der Waals surface area contributed by atoms with Gasteiger partial charge in [-0.1, -0.05) is 23.7 Å². The number of hydrogen-bond donors (Lipinski definition) is 2. The van der Waals surface area contributed by atoms with Gasteiger partial charge >= 0.3 is 6.09 Å². The normalized spacial score (nSPS) is 10.1. The lowest BCUT2D eigenvalue weighted by Crippen LogP contribution is -2.24. The van der Waals surface area contributed by atoms with Gasteiger partial charge in [-0.3, -0.25) is 10.1 Å². The topological polar surface area (TPSA) is 80.3 Å². The number of rotatable bonds is 5. The maximum atomic E-state index is 11.9. The summed E-state index contributed by atoms with van der Waals surface area (Å²) in [4.78, 5) is 27.0. The highest BCUT2D eigenvalue weighted by atomic mass is 35.5. The van der Waals surface area contributed by atoms with E-state index in [0.717, 1.165) is 5.56 Å². The molecule has 116 valence electrons. The summed E-state index contributed by atoms with van der Waals surface area (Å²) in [6, 6.07) is 7.25. The Labute approximate surface area is 136 Å². The van der Waals surface area contributed by atoms with E-state index in [1.807, 2.05) is 12.1 Å². The molecule has 2 N–H and O–H groups in total. The zero-order chi connectivity index (χ0) is 15.9. The number of hydrogen-bond acceptors (Lipinski definition) is 5. The monoisotopic (exact) mass is 339 g/mol. The van der Waals surface area contributed by atoms with Crippen LogP contribution in [0.4, 0.5) is 9.93 Å². The van der Waals surface area contributed by atoms with Crippen LogP contribution in [-0.2, 0) is 22.5 Å². The van der Waals surface area contributed by atoms with Crippen LogP contribution in [0.1, 0.15) is 11.3 Å². The number of carbonyl (C=O) groups excluding carboxylic acids is 2. The first kappa shape index (κ1) is 16.3. The SMILES string of the molecule is COC(=O)Nc1nc(CC(=O)NCc2ccc(Cl)cc2)cs1. The molecule has 0 unspecified atom stereocenters.